The van der Waals surface area contributed by atoms with E-state index in [1.165, 1.54) is 0 Å². The molecule has 0 amide bonds. The third-order valence-electron chi connectivity index (χ3n) is 4.32. The Bertz CT molecular complexity index is 861. The molecule has 1 N–H and O–H groups in total. The van der Waals surface area contributed by atoms with E-state index >= 15 is 0 Å². The molecule has 3 rings (SSSR count). The summed E-state index contributed by atoms with van der Waals surface area (Å²) in [5, 5.41) is 0. The molecule has 0 radical (unpaired) electrons. The molecule has 0 saturated heterocycles. The number of nitrogens with one attached hydrogen (secondary N) is 1. The van der Waals surface area contributed by atoms with E-state index in [-0.39, 0.29) is 10.9 Å². The number of hydrogen-bond donors (Lipinski definition) is 1. The molecular weight excluding hydrogens is 326 g/mol. The van der Waals surface area contributed by atoms with Crippen molar-refractivity contribution >= 4 is 10.0 Å². The van der Waals surface area contributed by atoms with Crippen molar-refractivity contribution in [2.45, 2.75) is 30.7 Å². The summed E-state index contributed by atoms with van der Waals surface area (Å²) in [6, 6.07) is 10.4. The Morgan fingerprint density at radius 1 is 1.08 bits per heavy atom. The van der Waals surface area contributed by atoms with E-state index in [2.05, 4.69) is 4.72 Å². The van der Waals surface area contributed by atoms with Gasteiger partial charge in [-0.3, -0.25) is 0 Å². The topological polar surface area (TPSA) is 64.6 Å². The highest BCUT2D eigenvalue weighted by Crippen LogP contribution is 2.39. The van der Waals surface area contributed by atoms with Crippen molar-refractivity contribution in [1.82, 2.24) is 4.72 Å². The van der Waals surface area contributed by atoms with Crippen molar-refractivity contribution in [2.75, 3.05) is 14.2 Å². The number of ether oxygens (including phenoxy) is 2. The van der Waals surface area contributed by atoms with Crippen LogP contribution in [0, 0.1) is 6.92 Å². The molecule has 0 aliphatic heterocycles. The van der Waals surface area contributed by atoms with Crippen LogP contribution in [0.15, 0.2) is 41.3 Å². The summed E-state index contributed by atoms with van der Waals surface area (Å²) < 4.78 is 38.8. The first-order chi connectivity index (χ1) is 11.4. The van der Waals surface area contributed by atoms with Crippen LogP contribution in [0.2, 0.25) is 0 Å². The minimum absolute atomic E-state index is 0.259. The van der Waals surface area contributed by atoms with Gasteiger partial charge in [0.25, 0.3) is 0 Å². The van der Waals surface area contributed by atoms with E-state index in [1.807, 2.05) is 25.1 Å². The standard InChI is InChI=1S/C18H21NO4S/c1-12-5-4-6-14(9-12)24(20,21)19-16-8-7-13-10-17(22-2)18(23-3)11-15(13)16/h4-6,9-11,16,19H,7-8H2,1-3H3. The van der Waals surface area contributed by atoms with E-state index in [1.54, 1.807) is 32.4 Å². The number of sulfonamides is 1. The Morgan fingerprint density at radius 2 is 1.79 bits per heavy atom. The SMILES string of the molecule is COc1cc2c(cc1OC)C(NS(=O)(=O)c1cccc(C)c1)CC2. The second-order valence-electron chi connectivity index (χ2n) is 5.94. The quantitative estimate of drug-likeness (QED) is 0.903. The predicted molar refractivity (Wildman–Crippen MR) is 92.1 cm³/mol. The maximum atomic E-state index is 12.7. The third-order valence-corrected chi connectivity index (χ3v) is 5.79. The highest BCUT2D eigenvalue weighted by Gasteiger charge is 2.29. The van der Waals surface area contributed by atoms with Gasteiger partial charge in [-0.15, -0.1) is 0 Å². The maximum absolute atomic E-state index is 12.7. The molecule has 0 spiro atoms. The molecule has 5 nitrogen and oxygen atoms in total. The van der Waals surface area contributed by atoms with Gasteiger partial charge in [0.15, 0.2) is 11.5 Å². The first-order valence-electron chi connectivity index (χ1n) is 7.78. The first kappa shape index (κ1) is 16.8. The van der Waals surface area contributed by atoms with Crippen molar-refractivity contribution in [3.8, 4) is 11.5 Å². The summed E-state index contributed by atoms with van der Waals surface area (Å²) in [7, 11) is -0.397. The summed E-state index contributed by atoms with van der Waals surface area (Å²) in [5.74, 6) is 1.27. The maximum Gasteiger partial charge on any atom is 0.241 e. The molecular formula is C18H21NO4S. The zero-order valence-electron chi connectivity index (χ0n) is 14.0. The van der Waals surface area contributed by atoms with Crippen LogP contribution >= 0.6 is 0 Å². The molecule has 0 saturated carbocycles. The second kappa shape index (κ2) is 6.45. The van der Waals surface area contributed by atoms with Crippen LogP contribution in [0.3, 0.4) is 0 Å². The van der Waals surface area contributed by atoms with Crippen LogP contribution in [-0.4, -0.2) is 22.6 Å². The van der Waals surface area contributed by atoms with E-state index in [4.69, 9.17) is 9.47 Å². The van der Waals surface area contributed by atoms with E-state index < -0.39 is 10.0 Å². The minimum Gasteiger partial charge on any atom is -0.493 e. The van der Waals surface area contributed by atoms with Crippen LogP contribution in [-0.2, 0) is 16.4 Å². The van der Waals surface area contributed by atoms with Crippen molar-refractivity contribution in [1.29, 1.82) is 0 Å². The first-order valence-corrected chi connectivity index (χ1v) is 9.26. The molecule has 24 heavy (non-hydrogen) atoms. The van der Waals surface area contributed by atoms with Crippen molar-refractivity contribution in [3.63, 3.8) is 0 Å². The van der Waals surface area contributed by atoms with Gasteiger partial charge in [0.05, 0.1) is 19.1 Å². The predicted octanol–water partition coefficient (Wildman–Crippen LogP) is 2.98. The molecule has 0 heterocycles. The Labute approximate surface area is 142 Å². The number of hydrogen-bond acceptors (Lipinski definition) is 4. The number of methoxy groups -OCH3 is 2. The fourth-order valence-corrected chi connectivity index (χ4v) is 4.45. The summed E-state index contributed by atoms with van der Waals surface area (Å²) in [6.45, 7) is 1.88. The molecule has 0 fully saturated rings. The van der Waals surface area contributed by atoms with Gasteiger partial charge in [-0.05, 0) is 60.7 Å². The van der Waals surface area contributed by atoms with Gasteiger partial charge in [0.1, 0.15) is 0 Å². The monoisotopic (exact) mass is 347 g/mol. The van der Waals surface area contributed by atoms with Crippen LogP contribution in [0.4, 0.5) is 0 Å². The van der Waals surface area contributed by atoms with Gasteiger partial charge in [-0.2, -0.15) is 0 Å². The highest BCUT2D eigenvalue weighted by molar-refractivity contribution is 7.89. The number of fused-ring (bicyclic) bond motifs is 1. The zero-order chi connectivity index (χ0) is 17.3. The minimum atomic E-state index is -3.57. The number of benzene rings is 2. The lowest BCUT2D eigenvalue weighted by Gasteiger charge is -2.16. The fourth-order valence-electron chi connectivity index (χ4n) is 3.09. The highest BCUT2D eigenvalue weighted by atomic mass is 32.2. The fraction of sp³-hybridized carbons (Fsp3) is 0.333. The average molecular weight is 347 g/mol. The third kappa shape index (κ3) is 3.12. The second-order valence-corrected chi connectivity index (χ2v) is 7.65. The zero-order valence-corrected chi connectivity index (χ0v) is 14.8. The molecule has 2 aromatic rings. The Morgan fingerprint density at radius 3 is 2.46 bits per heavy atom. The summed E-state index contributed by atoms with van der Waals surface area (Å²) in [4.78, 5) is 0.288. The number of aryl methyl sites for hydroxylation is 2. The summed E-state index contributed by atoms with van der Waals surface area (Å²) >= 11 is 0. The van der Waals surface area contributed by atoms with Gasteiger partial charge in [-0.1, -0.05) is 12.1 Å². The van der Waals surface area contributed by atoms with Gasteiger partial charge < -0.3 is 9.47 Å². The van der Waals surface area contributed by atoms with Gasteiger partial charge in [0, 0.05) is 6.04 Å². The molecule has 0 bridgehead atoms. The lowest BCUT2D eigenvalue weighted by molar-refractivity contribution is 0.354. The smallest absolute Gasteiger partial charge is 0.241 e. The molecule has 6 heteroatoms. The lowest BCUT2D eigenvalue weighted by atomic mass is 10.1. The molecule has 1 atom stereocenters. The van der Waals surface area contributed by atoms with E-state index in [0.29, 0.717) is 11.5 Å². The molecule has 1 unspecified atom stereocenters. The average Bonchev–Trinajstić information content (AvgIpc) is 2.94. The largest absolute Gasteiger partial charge is 0.493 e. The van der Waals surface area contributed by atoms with Gasteiger partial charge in [-0.25, -0.2) is 13.1 Å². The normalized spacial score (nSPS) is 16.7. The summed E-state index contributed by atoms with van der Waals surface area (Å²) in [6.07, 6.45) is 1.52. The molecule has 1 aliphatic rings. The van der Waals surface area contributed by atoms with Crippen molar-refractivity contribution < 1.29 is 17.9 Å². The molecule has 0 aromatic heterocycles. The Balaban J connectivity index is 1.92. The number of rotatable bonds is 5. The van der Waals surface area contributed by atoms with Gasteiger partial charge in [0.2, 0.25) is 10.0 Å². The molecule has 2 aromatic carbocycles. The molecule has 1 aliphatic carbocycles. The molecule has 128 valence electrons. The lowest BCUT2D eigenvalue weighted by Crippen LogP contribution is -2.27. The van der Waals surface area contributed by atoms with Crippen LogP contribution in [0.25, 0.3) is 0 Å². The summed E-state index contributed by atoms with van der Waals surface area (Å²) in [5.41, 5.74) is 2.95. The Hall–Kier alpha value is -2.05. The van der Waals surface area contributed by atoms with Crippen LogP contribution in [0.1, 0.15) is 29.2 Å². The Kier molecular flexibility index (Phi) is 4.51. The van der Waals surface area contributed by atoms with Crippen molar-refractivity contribution in [2.24, 2.45) is 0 Å². The van der Waals surface area contributed by atoms with Gasteiger partial charge >= 0.3 is 0 Å². The van der Waals surface area contributed by atoms with E-state index in [0.717, 1.165) is 29.5 Å². The van der Waals surface area contributed by atoms with E-state index in [9.17, 15) is 8.42 Å². The van der Waals surface area contributed by atoms with Crippen LogP contribution in [0.5, 0.6) is 11.5 Å². The van der Waals surface area contributed by atoms with Crippen molar-refractivity contribution in [3.05, 3.63) is 53.1 Å². The van der Waals surface area contributed by atoms with Crippen LogP contribution < -0.4 is 14.2 Å².